The van der Waals surface area contributed by atoms with E-state index in [0.29, 0.717) is 17.9 Å². The molecule has 0 heterocycles. The standard InChI is InChI=1S/C24H26N2O4S/c1-25-31(28,29)18-21-13-11-20(12-14-21)16-26-24(27)17-30-23-10-6-5-9-22(23)15-19-7-3-2-4-8-19/h2-14,25H,15-18H2,1H3,(H,26,27). The van der Waals surface area contributed by atoms with Gasteiger partial charge in [-0.2, -0.15) is 0 Å². The van der Waals surface area contributed by atoms with Crippen molar-refractivity contribution in [2.24, 2.45) is 0 Å². The Balaban J connectivity index is 1.50. The summed E-state index contributed by atoms with van der Waals surface area (Å²) in [6.45, 7) is 0.261. The summed E-state index contributed by atoms with van der Waals surface area (Å²) in [4.78, 5) is 12.2. The molecule has 3 aromatic rings. The van der Waals surface area contributed by atoms with E-state index in [4.69, 9.17) is 4.74 Å². The maximum absolute atomic E-state index is 12.2. The van der Waals surface area contributed by atoms with Crippen LogP contribution in [0.5, 0.6) is 5.75 Å². The van der Waals surface area contributed by atoms with Crippen molar-refractivity contribution < 1.29 is 17.9 Å². The van der Waals surface area contributed by atoms with E-state index in [2.05, 4.69) is 22.2 Å². The molecule has 0 bridgehead atoms. The highest BCUT2D eigenvalue weighted by Gasteiger charge is 2.09. The Labute approximate surface area is 183 Å². The summed E-state index contributed by atoms with van der Waals surface area (Å²) in [6, 6.07) is 24.9. The molecule has 0 aromatic heterocycles. The minimum absolute atomic E-state index is 0.0770. The van der Waals surface area contributed by atoms with E-state index in [1.165, 1.54) is 12.6 Å². The number of carbonyl (C=O) groups is 1. The molecule has 3 rings (SSSR count). The monoisotopic (exact) mass is 438 g/mol. The number of para-hydroxylation sites is 1. The van der Waals surface area contributed by atoms with Crippen LogP contribution in [0.2, 0.25) is 0 Å². The van der Waals surface area contributed by atoms with Gasteiger partial charge < -0.3 is 10.1 Å². The zero-order valence-electron chi connectivity index (χ0n) is 17.4. The van der Waals surface area contributed by atoms with Crippen LogP contribution in [0, 0.1) is 0 Å². The maximum Gasteiger partial charge on any atom is 0.258 e. The lowest BCUT2D eigenvalue weighted by molar-refractivity contribution is -0.123. The second-order valence-electron chi connectivity index (χ2n) is 7.12. The molecule has 0 fully saturated rings. The molecular formula is C24H26N2O4S. The van der Waals surface area contributed by atoms with E-state index >= 15 is 0 Å². The van der Waals surface area contributed by atoms with Gasteiger partial charge in [0.1, 0.15) is 5.75 Å². The Hall–Kier alpha value is -3.16. The molecule has 2 N–H and O–H groups in total. The summed E-state index contributed by atoms with van der Waals surface area (Å²) in [5, 5.41) is 2.82. The van der Waals surface area contributed by atoms with E-state index in [-0.39, 0.29) is 18.3 Å². The van der Waals surface area contributed by atoms with Gasteiger partial charge in [0.05, 0.1) is 5.75 Å². The van der Waals surface area contributed by atoms with Crippen molar-refractivity contribution in [3.05, 3.63) is 101 Å². The van der Waals surface area contributed by atoms with Gasteiger partial charge in [-0.05, 0) is 35.4 Å². The van der Waals surface area contributed by atoms with Crippen LogP contribution >= 0.6 is 0 Å². The summed E-state index contributed by atoms with van der Waals surface area (Å²) >= 11 is 0. The Bertz CT molecular complexity index is 1100. The van der Waals surface area contributed by atoms with Crippen molar-refractivity contribution in [3.8, 4) is 5.75 Å². The Morgan fingerprint density at radius 3 is 2.19 bits per heavy atom. The Kier molecular flexibility index (Phi) is 7.81. The molecule has 0 saturated carbocycles. The van der Waals surface area contributed by atoms with Crippen LogP contribution in [0.3, 0.4) is 0 Å². The second-order valence-corrected chi connectivity index (χ2v) is 9.04. The summed E-state index contributed by atoms with van der Waals surface area (Å²) in [7, 11) is -1.91. The van der Waals surface area contributed by atoms with E-state index < -0.39 is 10.0 Å². The lowest BCUT2D eigenvalue weighted by atomic mass is 10.0. The average molecular weight is 439 g/mol. The normalized spacial score (nSPS) is 11.1. The van der Waals surface area contributed by atoms with Crippen molar-refractivity contribution in [1.82, 2.24) is 10.0 Å². The maximum atomic E-state index is 12.2. The van der Waals surface area contributed by atoms with Gasteiger partial charge in [-0.25, -0.2) is 13.1 Å². The fourth-order valence-electron chi connectivity index (χ4n) is 3.05. The third kappa shape index (κ3) is 7.24. The van der Waals surface area contributed by atoms with Crippen LogP contribution in [0.1, 0.15) is 22.3 Å². The molecule has 0 aliphatic rings. The fraction of sp³-hybridized carbons (Fsp3) is 0.208. The van der Waals surface area contributed by atoms with Crippen LogP contribution in [0.25, 0.3) is 0 Å². The van der Waals surface area contributed by atoms with Crippen LogP contribution < -0.4 is 14.8 Å². The van der Waals surface area contributed by atoms with Gasteiger partial charge in [0.25, 0.3) is 5.91 Å². The number of amides is 1. The van der Waals surface area contributed by atoms with E-state index in [1.807, 2.05) is 42.5 Å². The third-order valence-corrected chi connectivity index (χ3v) is 6.08. The van der Waals surface area contributed by atoms with Gasteiger partial charge >= 0.3 is 0 Å². The first-order chi connectivity index (χ1) is 14.9. The van der Waals surface area contributed by atoms with Gasteiger partial charge in [-0.15, -0.1) is 0 Å². The van der Waals surface area contributed by atoms with E-state index in [0.717, 1.165) is 17.5 Å². The summed E-state index contributed by atoms with van der Waals surface area (Å²) in [5.74, 6) is 0.389. The van der Waals surface area contributed by atoms with Crippen molar-refractivity contribution in [1.29, 1.82) is 0 Å². The van der Waals surface area contributed by atoms with Gasteiger partial charge in [0.15, 0.2) is 6.61 Å². The molecule has 0 radical (unpaired) electrons. The number of benzene rings is 3. The van der Waals surface area contributed by atoms with Crippen LogP contribution in [0.4, 0.5) is 0 Å². The van der Waals surface area contributed by atoms with E-state index in [9.17, 15) is 13.2 Å². The molecule has 0 saturated heterocycles. The number of nitrogens with one attached hydrogen (secondary N) is 2. The predicted molar refractivity (Wildman–Crippen MR) is 121 cm³/mol. The third-order valence-electron chi connectivity index (χ3n) is 4.75. The zero-order valence-corrected chi connectivity index (χ0v) is 18.2. The SMILES string of the molecule is CNS(=O)(=O)Cc1ccc(CNC(=O)COc2ccccc2Cc2ccccc2)cc1. The van der Waals surface area contributed by atoms with Gasteiger partial charge in [-0.3, -0.25) is 4.79 Å². The van der Waals surface area contributed by atoms with Crippen molar-refractivity contribution in [3.63, 3.8) is 0 Å². The molecule has 1 amide bonds. The number of ether oxygens (including phenoxy) is 1. The molecule has 6 nitrogen and oxygen atoms in total. The minimum Gasteiger partial charge on any atom is -0.483 e. The lowest BCUT2D eigenvalue weighted by Crippen LogP contribution is -2.28. The summed E-state index contributed by atoms with van der Waals surface area (Å²) < 4.78 is 31.3. The molecule has 31 heavy (non-hydrogen) atoms. The van der Waals surface area contributed by atoms with Crippen LogP contribution in [-0.4, -0.2) is 28.0 Å². The van der Waals surface area contributed by atoms with Gasteiger partial charge in [0.2, 0.25) is 10.0 Å². The predicted octanol–water partition coefficient (Wildman–Crippen LogP) is 3.02. The molecule has 0 aliphatic heterocycles. The highest BCUT2D eigenvalue weighted by molar-refractivity contribution is 7.88. The van der Waals surface area contributed by atoms with E-state index in [1.54, 1.807) is 24.3 Å². The highest BCUT2D eigenvalue weighted by Crippen LogP contribution is 2.21. The summed E-state index contributed by atoms with van der Waals surface area (Å²) in [6.07, 6.45) is 0.730. The molecule has 3 aromatic carbocycles. The Morgan fingerprint density at radius 1 is 0.839 bits per heavy atom. The highest BCUT2D eigenvalue weighted by atomic mass is 32.2. The number of rotatable bonds is 10. The van der Waals surface area contributed by atoms with Gasteiger partial charge in [0, 0.05) is 13.0 Å². The van der Waals surface area contributed by atoms with Crippen LogP contribution in [0.15, 0.2) is 78.9 Å². The number of hydrogen-bond acceptors (Lipinski definition) is 4. The van der Waals surface area contributed by atoms with Crippen LogP contribution in [-0.2, 0) is 33.5 Å². The van der Waals surface area contributed by atoms with Crippen molar-refractivity contribution in [2.75, 3.05) is 13.7 Å². The van der Waals surface area contributed by atoms with Gasteiger partial charge in [-0.1, -0.05) is 72.8 Å². The zero-order chi connectivity index (χ0) is 22.1. The molecule has 0 spiro atoms. The van der Waals surface area contributed by atoms with Crippen molar-refractivity contribution in [2.45, 2.75) is 18.7 Å². The quantitative estimate of drug-likeness (QED) is 0.510. The minimum atomic E-state index is -3.30. The lowest BCUT2D eigenvalue weighted by Gasteiger charge is -2.12. The first-order valence-corrected chi connectivity index (χ1v) is 11.6. The first-order valence-electron chi connectivity index (χ1n) is 9.95. The molecular weight excluding hydrogens is 412 g/mol. The topological polar surface area (TPSA) is 84.5 Å². The number of carbonyl (C=O) groups excluding carboxylic acids is 1. The number of hydrogen-bond donors (Lipinski definition) is 2. The molecule has 0 unspecified atom stereocenters. The average Bonchev–Trinajstić information content (AvgIpc) is 2.78. The molecule has 0 aliphatic carbocycles. The summed E-state index contributed by atoms with van der Waals surface area (Å²) in [5.41, 5.74) is 3.76. The molecule has 162 valence electrons. The van der Waals surface area contributed by atoms with Crippen molar-refractivity contribution >= 4 is 15.9 Å². The fourth-order valence-corrected chi connectivity index (χ4v) is 3.82. The largest absolute Gasteiger partial charge is 0.483 e. The smallest absolute Gasteiger partial charge is 0.258 e. The second kappa shape index (κ2) is 10.7. The Morgan fingerprint density at radius 2 is 1.48 bits per heavy atom. The first kappa shape index (κ1) is 22.5. The molecule has 0 atom stereocenters. The molecule has 7 heteroatoms. The number of sulfonamides is 1.